The Balaban J connectivity index is 1.24. The number of hydrogen-bond donors (Lipinski definition) is 2. The fraction of sp³-hybridized carbons (Fsp3) is 0.737. The van der Waals surface area contributed by atoms with Gasteiger partial charge in [-0.1, -0.05) is 44.7 Å². The predicted molar refractivity (Wildman–Crippen MR) is 188 cm³/mol. The van der Waals surface area contributed by atoms with E-state index < -0.39 is 0 Å². The van der Waals surface area contributed by atoms with E-state index in [9.17, 15) is 14.4 Å². The first-order chi connectivity index (χ1) is 23.3. The zero-order valence-corrected chi connectivity index (χ0v) is 29.6. The van der Waals surface area contributed by atoms with Crippen LogP contribution in [0.5, 0.6) is 0 Å². The van der Waals surface area contributed by atoms with E-state index in [0.717, 1.165) is 50.1 Å². The highest BCUT2D eigenvalue weighted by atomic mass is 32.2. The molecule has 0 aromatic heterocycles. The lowest BCUT2D eigenvalue weighted by Crippen LogP contribution is -2.81. The standard InChI is InChI=1S/C38H55FN6O2S/c1-3-35(46)45-21-20-44(25-30(45)16-18-40)38(28-10-7-5-4-6-8-11-28)32-15-17-37(23-27-13-14-29(39)22-34(27)48-37)24-33(32)41-36(42-38)47-26-31-12-9-19-43(31)2/h3,13-14,22,28,30-33,36,41-42H,1,4-12,15-17,19-21,23-26H2,2H3/t30?,31?,32?,33?,36?,37-,38?/m1/s1. The van der Waals surface area contributed by atoms with E-state index in [0.29, 0.717) is 44.0 Å². The lowest BCUT2D eigenvalue weighted by molar-refractivity contribution is -0.181. The lowest BCUT2D eigenvalue weighted by atomic mass is 9.63. The van der Waals surface area contributed by atoms with Crippen LogP contribution in [0.1, 0.15) is 89.0 Å². The Morgan fingerprint density at radius 1 is 1.12 bits per heavy atom. The van der Waals surface area contributed by atoms with Crippen LogP contribution in [0.3, 0.4) is 0 Å². The molecule has 4 aliphatic heterocycles. The molecule has 0 radical (unpaired) electrons. The molecule has 4 heterocycles. The first-order valence-electron chi connectivity index (χ1n) is 18.7. The molecule has 6 unspecified atom stereocenters. The molecule has 6 aliphatic rings. The van der Waals surface area contributed by atoms with Gasteiger partial charge in [-0.2, -0.15) is 5.26 Å². The number of ether oxygens (including phenoxy) is 1. The summed E-state index contributed by atoms with van der Waals surface area (Å²) in [6.07, 6.45) is 16.6. The lowest BCUT2D eigenvalue weighted by Gasteiger charge is -2.64. The van der Waals surface area contributed by atoms with Crippen molar-refractivity contribution in [3.05, 3.63) is 42.2 Å². The summed E-state index contributed by atoms with van der Waals surface area (Å²) in [6.45, 7) is 7.60. The summed E-state index contributed by atoms with van der Waals surface area (Å²) in [5.41, 5.74) is 0.958. The van der Waals surface area contributed by atoms with Crippen LogP contribution in [-0.4, -0.2) is 95.3 Å². The molecule has 2 saturated carbocycles. The number of rotatable bonds is 7. The highest BCUT2D eigenvalue weighted by molar-refractivity contribution is 8.01. The van der Waals surface area contributed by atoms with Crippen LogP contribution in [0.4, 0.5) is 4.39 Å². The monoisotopic (exact) mass is 678 g/mol. The number of nitrogens with one attached hydrogen (secondary N) is 2. The maximum atomic E-state index is 14.3. The Bertz CT molecular complexity index is 1370. The molecule has 1 amide bonds. The summed E-state index contributed by atoms with van der Waals surface area (Å²) in [7, 11) is 2.21. The van der Waals surface area contributed by atoms with Gasteiger partial charge in [0.05, 0.1) is 30.8 Å². The van der Waals surface area contributed by atoms with Crippen molar-refractivity contribution >= 4 is 17.7 Å². The molecule has 262 valence electrons. The van der Waals surface area contributed by atoms with Gasteiger partial charge in [0.15, 0.2) is 6.35 Å². The highest BCUT2D eigenvalue weighted by Gasteiger charge is 2.60. The average Bonchev–Trinajstić information content (AvgIpc) is 3.64. The molecule has 3 saturated heterocycles. The molecule has 5 fully saturated rings. The first-order valence-corrected chi connectivity index (χ1v) is 19.5. The smallest absolute Gasteiger partial charge is 0.246 e. The summed E-state index contributed by atoms with van der Waals surface area (Å²) >= 11 is 1.90. The second kappa shape index (κ2) is 14.7. The van der Waals surface area contributed by atoms with Gasteiger partial charge in [0.1, 0.15) is 5.82 Å². The van der Waals surface area contributed by atoms with E-state index in [-0.39, 0.29) is 40.6 Å². The molecule has 1 aromatic rings. The number of nitriles is 1. The zero-order chi connectivity index (χ0) is 33.3. The normalized spacial score (nSPS) is 36.6. The van der Waals surface area contributed by atoms with Crippen LogP contribution in [-0.2, 0) is 16.0 Å². The molecule has 7 rings (SSSR count). The van der Waals surface area contributed by atoms with E-state index in [1.54, 1.807) is 12.1 Å². The van der Waals surface area contributed by atoms with Crippen LogP contribution in [0.2, 0.25) is 0 Å². The number of hydrogen-bond acceptors (Lipinski definition) is 8. The summed E-state index contributed by atoms with van der Waals surface area (Å²) in [4.78, 5) is 21.1. The van der Waals surface area contributed by atoms with Gasteiger partial charge in [0, 0.05) is 47.3 Å². The first kappa shape index (κ1) is 34.4. The number of nitrogens with zero attached hydrogens (tertiary/aromatic N) is 4. The van der Waals surface area contributed by atoms with Crippen molar-refractivity contribution in [3.8, 4) is 6.07 Å². The Labute approximate surface area is 291 Å². The van der Waals surface area contributed by atoms with E-state index in [1.807, 2.05) is 22.7 Å². The SMILES string of the molecule is C=CC(=O)N1CCN(C2(C3CCCCCCC3)NC(OCC3CCCN3C)NC3C[C@@]4(CCC32)Cc2ccc(F)cc2S4)CC1CC#N. The van der Waals surface area contributed by atoms with Crippen molar-refractivity contribution in [2.75, 3.05) is 39.8 Å². The fourth-order valence-corrected chi connectivity index (χ4v) is 12.0. The number of thioether (sulfide) groups is 1. The van der Waals surface area contributed by atoms with Gasteiger partial charge in [-0.25, -0.2) is 4.39 Å². The average molecular weight is 679 g/mol. The van der Waals surface area contributed by atoms with Gasteiger partial charge in [-0.05, 0) is 94.6 Å². The van der Waals surface area contributed by atoms with Gasteiger partial charge in [-0.15, -0.1) is 11.8 Å². The Kier molecular flexibility index (Phi) is 10.5. The zero-order valence-electron chi connectivity index (χ0n) is 28.8. The number of carbonyl (C=O) groups is 1. The Hall–Kier alpha value is -2.00. The number of amides is 1. The maximum absolute atomic E-state index is 14.3. The number of halogens is 1. The van der Waals surface area contributed by atoms with E-state index >= 15 is 0 Å². The van der Waals surface area contributed by atoms with Gasteiger partial charge in [0.25, 0.3) is 0 Å². The molecule has 1 spiro atoms. The van der Waals surface area contributed by atoms with E-state index in [2.05, 4.69) is 40.1 Å². The second-order valence-corrected chi connectivity index (χ2v) is 17.0. The second-order valence-electron chi connectivity index (χ2n) is 15.5. The van der Waals surface area contributed by atoms with Crippen LogP contribution in [0.25, 0.3) is 0 Å². The van der Waals surface area contributed by atoms with Crippen molar-refractivity contribution in [1.29, 1.82) is 5.26 Å². The third-order valence-corrected chi connectivity index (χ3v) is 14.3. The number of carbonyl (C=O) groups excluding carboxylic acids is 1. The molecule has 48 heavy (non-hydrogen) atoms. The Morgan fingerprint density at radius 3 is 2.69 bits per heavy atom. The van der Waals surface area contributed by atoms with Crippen molar-refractivity contribution in [2.45, 2.75) is 130 Å². The van der Waals surface area contributed by atoms with Crippen molar-refractivity contribution in [1.82, 2.24) is 25.3 Å². The van der Waals surface area contributed by atoms with Gasteiger partial charge in [-0.3, -0.25) is 20.3 Å². The molecule has 7 atom stereocenters. The molecule has 8 nitrogen and oxygen atoms in total. The van der Waals surface area contributed by atoms with E-state index in [1.165, 1.54) is 63.0 Å². The molecule has 2 N–H and O–H groups in total. The molecule has 2 aliphatic carbocycles. The van der Waals surface area contributed by atoms with Crippen molar-refractivity contribution in [3.63, 3.8) is 0 Å². The van der Waals surface area contributed by atoms with Crippen LogP contribution < -0.4 is 10.6 Å². The largest absolute Gasteiger partial charge is 0.348 e. The van der Waals surface area contributed by atoms with Crippen molar-refractivity contribution in [2.24, 2.45) is 11.8 Å². The highest BCUT2D eigenvalue weighted by Crippen LogP contribution is 2.57. The predicted octanol–water partition coefficient (Wildman–Crippen LogP) is 5.64. The fourth-order valence-electron chi connectivity index (χ4n) is 10.4. The number of likely N-dealkylation sites (N-methyl/N-ethyl adjacent to an activating group) is 1. The summed E-state index contributed by atoms with van der Waals surface area (Å²) in [5.74, 6) is 0.545. The van der Waals surface area contributed by atoms with Crippen molar-refractivity contribution < 1.29 is 13.9 Å². The maximum Gasteiger partial charge on any atom is 0.246 e. The molecule has 10 heteroatoms. The third-order valence-electron chi connectivity index (χ3n) is 12.8. The molecular weight excluding hydrogens is 624 g/mol. The van der Waals surface area contributed by atoms with Gasteiger partial charge >= 0.3 is 0 Å². The van der Waals surface area contributed by atoms with E-state index in [4.69, 9.17) is 4.74 Å². The summed E-state index contributed by atoms with van der Waals surface area (Å²) in [6, 6.07) is 8.22. The van der Waals surface area contributed by atoms with Crippen LogP contribution >= 0.6 is 11.8 Å². The molecule has 0 bridgehead atoms. The number of piperazine rings is 1. The third kappa shape index (κ3) is 6.72. The Morgan fingerprint density at radius 2 is 1.94 bits per heavy atom. The topological polar surface area (TPSA) is 83.9 Å². The van der Waals surface area contributed by atoms with Crippen LogP contribution in [0.15, 0.2) is 35.7 Å². The minimum absolute atomic E-state index is 0.0446. The minimum atomic E-state index is -0.319. The molecule has 1 aromatic carbocycles. The quantitative estimate of drug-likeness (QED) is 0.359. The minimum Gasteiger partial charge on any atom is -0.348 e. The summed E-state index contributed by atoms with van der Waals surface area (Å²) in [5, 5.41) is 18.1. The summed E-state index contributed by atoms with van der Waals surface area (Å²) < 4.78 is 21.3. The number of fused-ring (bicyclic) bond motifs is 2. The molecular formula is C38H55FN6O2S. The van der Waals surface area contributed by atoms with Gasteiger partial charge < -0.3 is 14.5 Å². The number of benzene rings is 1. The van der Waals surface area contributed by atoms with Gasteiger partial charge in [0.2, 0.25) is 5.91 Å². The van der Waals surface area contributed by atoms with Crippen LogP contribution in [0, 0.1) is 29.0 Å². The number of likely N-dealkylation sites (tertiary alicyclic amines) is 1.